The third kappa shape index (κ3) is 15.6. The highest BCUT2D eigenvalue weighted by Gasteiger charge is 1.93. The van der Waals surface area contributed by atoms with Crippen LogP contribution in [0.4, 0.5) is 0 Å². The van der Waals surface area contributed by atoms with E-state index in [1.807, 2.05) is 0 Å². The first kappa shape index (κ1) is 16.6. The van der Waals surface area contributed by atoms with Gasteiger partial charge in [-0.2, -0.15) is 0 Å². The van der Waals surface area contributed by atoms with Gasteiger partial charge in [0.25, 0.3) is 0 Å². The lowest BCUT2D eigenvalue weighted by molar-refractivity contribution is -0.107. The van der Waals surface area contributed by atoms with E-state index in [2.05, 4.69) is 0 Å². The fourth-order valence-corrected chi connectivity index (χ4v) is 2.14. The van der Waals surface area contributed by atoms with Crippen LogP contribution in [-0.4, -0.2) is 12.8 Å². The van der Waals surface area contributed by atoms with Crippen molar-refractivity contribution < 1.29 is 4.79 Å². The molecule has 0 saturated carbocycles. The van der Waals surface area contributed by atoms with Crippen LogP contribution < -0.4 is 5.73 Å². The summed E-state index contributed by atoms with van der Waals surface area (Å²) in [7, 11) is 0. The highest BCUT2D eigenvalue weighted by atomic mass is 16.1. The minimum atomic E-state index is 0.753. The Labute approximate surface area is 107 Å². The quantitative estimate of drug-likeness (QED) is 0.365. The van der Waals surface area contributed by atoms with Gasteiger partial charge in [-0.3, -0.25) is 0 Å². The maximum absolute atomic E-state index is 10.1. The van der Waals surface area contributed by atoms with E-state index in [0.717, 1.165) is 25.7 Å². The van der Waals surface area contributed by atoms with Crippen LogP contribution in [0.15, 0.2) is 0 Å². The zero-order chi connectivity index (χ0) is 12.6. The summed E-state index contributed by atoms with van der Waals surface area (Å²) in [6.45, 7) is 0.851. The maximum atomic E-state index is 10.1. The minimum absolute atomic E-state index is 0.753. The molecular weight excluding hydrogens is 210 g/mol. The smallest absolute Gasteiger partial charge is 0.119 e. The second-order valence-corrected chi connectivity index (χ2v) is 4.99. The molecule has 2 nitrogen and oxygen atoms in total. The Bertz CT molecular complexity index is 148. The molecule has 17 heavy (non-hydrogen) atoms. The van der Waals surface area contributed by atoms with Gasteiger partial charge in [-0.05, 0) is 19.4 Å². The van der Waals surface area contributed by atoms with Gasteiger partial charge in [0.1, 0.15) is 6.29 Å². The SMILES string of the molecule is NCCCCCCCCCCCCCCC=O. The first-order chi connectivity index (χ1) is 8.41. The maximum Gasteiger partial charge on any atom is 0.119 e. The molecule has 2 heteroatoms. The van der Waals surface area contributed by atoms with E-state index in [1.54, 1.807) is 0 Å². The first-order valence-corrected chi connectivity index (χ1v) is 7.55. The van der Waals surface area contributed by atoms with E-state index in [-0.39, 0.29) is 0 Å². The zero-order valence-electron chi connectivity index (χ0n) is 11.5. The molecule has 0 unspecified atom stereocenters. The van der Waals surface area contributed by atoms with Crippen molar-refractivity contribution >= 4 is 6.29 Å². The molecule has 102 valence electrons. The lowest BCUT2D eigenvalue weighted by Crippen LogP contribution is -1.97. The van der Waals surface area contributed by atoms with Crippen LogP contribution in [0, 0.1) is 0 Å². The van der Waals surface area contributed by atoms with Crippen molar-refractivity contribution in [1.82, 2.24) is 0 Å². The van der Waals surface area contributed by atoms with Crippen molar-refractivity contribution in [2.24, 2.45) is 5.73 Å². The Kier molecular flexibility index (Phi) is 15.3. The van der Waals surface area contributed by atoms with Gasteiger partial charge < -0.3 is 10.5 Å². The number of carbonyl (C=O) groups excluding carboxylic acids is 1. The Hall–Kier alpha value is -0.370. The molecule has 0 bridgehead atoms. The first-order valence-electron chi connectivity index (χ1n) is 7.55. The van der Waals surface area contributed by atoms with E-state index >= 15 is 0 Å². The molecule has 2 N–H and O–H groups in total. The molecule has 0 amide bonds. The molecule has 0 radical (unpaired) electrons. The van der Waals surface area contributed by atoms with Gasteiger partial charge in [0.05, 0.1) is 0 Å². The summed E-state index contributed by atoms with van der Waals surface area (Å²) in [6.07, 6.45) is 17.6. The molecule has 0 fully saturated rings. The fraction of sp³-hybridized carbons (Fsp3) is 0.933. The summed E-state index contributed by atoms with van der Waals surface area (Å²) < 4.78 is 0. The molecule has 0 spiro atoms. The third-order valence-corrected chi connectivity index (χ3v) is 3.28. The van der Waals surface area contributed by atoms with Gasteiger partial charge in [-0.15, -0.1) is 0 Å². The second kappa shape index (κ2) is 15.6. The van der Waals surface area contributed by atoms with E-state index in [1.165, 1.54) is 70.6 Å². The van der Waals surface area contributed by atoms with Crippen LogP contribution in [0.5, 0.6) is 0 Å². The summed E-state index contributed by atoms with van der Waals surface area (Å²) in [5.74, 6) is 0. The van der Waals surface area contributed by atoms with Gasteiger partial charge in [0.15, 0.2) is 0 Å². The molecule has 0 aliphatic heterocycles. The molecule has 0 aromatic rings. The number of hydrogen-bond acceptors (Lipinski definition) is 2. The minimum Gasteiger partial charge on any atom is -0.330 e. The molecule has 0 aromatic heterocycles. The molecule has 0 saturated heterocycles. The van der Waals surface area contributed by atoms with Gasteiger partial charge in [0.2, 0.25) is 0 Å². The van der Waals surface area contributed by atoms with Crippen molar-refractivity contribution in [1.29, 1.82) is 0 Å². The van der Waals surface area contributed by atoms with Crippen molar-refractivity contribution in [3.8, 4) is 0 Å². The largest absolute Gasteiger partial charge is 0.330 e. The fourth-order valence-electron chi connectivity index (χ4n) is 2.14. The van der Waals surface area contributed by atoms with Crippen molar-refractivity contribution in [2.75, 3.05) is 6.54 Å². The van der Waals surface area contributed by atoms with Crippen LogP contribution in [0.3, 0.4) is 0 Å². The Morgan fingerprint density at radius 3 is 1.29 bits per heavy atom. The van der Waals surface area contributed by atoms with Crippen LogP contribution >= 0.6 is 0 Å². The van der Waals surface area contributed by atoms with E-state index in [4.69, 9.17) is 5.73 Å². The van der Waals surface area contributed by atoms with E-state index < -0.39 is 0 Å². The summed E-state index contributed by atoms with van der Waals surface area (Å²) in [5, 5.41) is 0. The normalized spacial score (nSPS) is 10.6. The average Bonchev–Trinajstić information content (AvgIpc) is 2.35. The standard InChI is InChI=1S/C15H31NO/c16-14-12-10-8-6-4-2-1-3-5-7-9-11-13-15-17/h15H,1-14,16H2. The van der Waals surface area contributed by atoms with Crippen LogP contribution in [0.2, 0.25) is 0 Å². The Balaban J connectivity index is 2.87. The lowest BCUT2D eigenvalue weighted by atomic mass is 10.0. The van der Waals surface area contributed by atoms with Gasteiger partial charge in [-0.25, -0.2) is 0 Å². The van der Waals surface area contributed by atoms with Crippen LogP contribution in [0.25, 0.3) is 0 Å². The van der Waals surface area contributed by atoms with Crippen molar-refractivity contribution in [2.45, 2.75) is 83.5 Å². The predicted molar refractivity (Wildman–Crippen MR) is 75.1 cm³/mol. The predicted octanol–water partition coefficient (Wildman–Crippen LogP) is 4.22. The number of nitrogens with two attached hydrogens (primary N) is 1. The number of carbonyl (C=O) groups is 1. The zero-order valence-corrected chi connectivity index (χ0v) is 11.5. The van der Waals surface area contributed by atoms with Gasteiger partial charge in [0, 0.05) is 6.42 Å². The molecule has 0 aliphatic rings. The number of unbranched alkanes of at least 4 members (excludes halogenated alkanes) is 12. The number of hydrogen-bond donors (Lipinski definition) is 1. The third-order valence-electron chi connectivity index (χ3n) is 3.28. The number of aldehydes is 1. The monoisotopic (exact) mass is 241 g/mol. The van der Waals surface area contributed by atoms with E-state index in [9.17, 15) is 4.79 Å². The molecular formula is C15H31NO. The summed E-state index contributed by atoms with van der Waals surface area (Å²) >= 11 is 0. The molecule has 0 heterocycles. The summed E-state index contributed by atoms with van der Waals surface area (Å²) in [5.41, 5.74) is 5.45. The molecule has 0 rings (SSSR count). The molecule has 0 aliphatic carbocycles. The van der Waals surface area contributed by atoms with E-state index in [0.29, 0.717) is 0 Å². The van der Waals surface area contributed by atoms with Crippen LogP contribution in [-0.2, 0) is 4.79 Å². The van der Waals surface area contributed by atoms with Gasteiger partial charge >= 0.3 is 0 Å². The molecule has 0 atom stereocenters. The second-order valence-electron chi connectivity index (χ2n) is 4.99. The highest BCUT2D eigenvalue weighted by Crippen LogP contribution is 2.11. The topological polar surface area (TPSA) is 43.1 Å². The Morgan fingerprint density at radius 2 is 0.941 bits per heavy atom. The van der Waals surface area contributed by atoms with Gasteiger partial charge in [-0.1, -0.05) is 64.2 Å². The van der Waals surface area contributed by atoms with Crippen LogP contribution in [0.1, 0.15) is 83.5 Å². The lowest BCUT2D eigenvalue weighted by Gasteiger charge is -2.02. The summed E-state index contributed by atoms with van der Waals surface area (Å²) in [4.78, 5) is 10.1. The summed E-state index contributed by atoms with van der Waals surface area (Å²) in [6, 6.07) is 0. The highest BCUT2D eigenvalue weighted by molar-refractivity contribution is 5.48. The van der Waals surface area contributed by atoms with Crippen molar-refractivity contribution in [3.05, 3.63) is 0 Å². The number of rotatable bonds is 14. The average molecular weight is 241 g/mol. The Morgan fingerprint density at radius 1 is 0.588 bits per heavy atom. The molecule has 0 aromatic carbocycles. The van der Waals surface area contributed by atoms with Crippen molar-refractivity contribution in [3.63, 3.8) is 0 Å².